The van der Waals surface area contributed by atoms with Crippen molar-refractivity contribution in [1.29, 1.82) is 0 Å². The Bertz CT molecular complexity index is 831. The summed E-state index contributed by atoms with van der Waals surface area (Å²) in [7, 11) is -2.32. The first kappa shape index (κ1) is 17.9. The molecule has 126 valence electrons. The first-order chi connectivity index (χ1) is 11.4. The highest BCUT2D eigenvalue weighted by atomic mass is 32.2. The van der Waals surface area contributed by atoms with E-state index in [2.05, 4.69) is 0 Å². The molecule has 0 aliphatic heterocycles. The van der Waals surface area contributed by atoms with Gasteiger partial charge in [0.15, 0.2) is 20.9 Å². The van der Waals surface area contributed by atoms with E-state index in [-0.39, 0.29) is 4.90 Å². The lowest BCUT2D eigenvalue weighted by Crippen LogP contribution is -2.21. The highest BCUT2D eigenvalue weighted by Gasteiger charge is 2.34. The number of benzene rings is 2. The summed E-state index contributed by atoms with van der Waals surface area (Å²) in [6.45, 7) is 3.52. The summed E-state index contributed by atoms with van der Waals surface area (Å²) in [5.41, 5.74) is 1.17. The van der Waals surface area contributed by atoms with Gasteiger partial charge in [-0.3, -0.25) is 4.79 Å². The van der Waals surface area contributed by atoms with Gasteiger partial charge in [0.25, 0.3) is 0 Å². The number of hydrogen-bond donors (Lipinski definition) is 0. The van der Waals surface area contributed by atoms with Gasteiger partial charge >= 0.3 is 0 Å². The first-order valence-corrected chi connectivity index (χ1v) is 9.02. The zero-order valence-corrected chi connectivity index (χ0v) is 14.7. The molecule has 24 heavy (non-hydrogen) atoms. The normalized spacial score (nSPS) is 12.3. The number of allylic oxidation sites excluding steroid dienone is 2. The van der Waals surface area contributed by atoms with Crippen molar-refractivity contribution >= 4 is 15.6 Å². The number of ether oxygens (including phenoxy) is 1. The summed E-state index contributed by atoms with van der Waals surface area (Å²) in [6.07, 6.45) is 1.37. The van der Waals surface area contributed by atoms with Crippen LogP contribution in [0, 0.1) is 0 Å². The molecule has 0 bridgehead atoms. The van der Waals surface area contributed by atoms with E-state index in [9.17, 15) is 13.2 Å². The summed E-state index contributed by atoms with van der Waals surface area (Å²) in [5, 5.41) is -1.28. The Kier molecular flexibility index (Phi) is 5.57. The standard InChI is InChI=1S/C19H20O4S/c1-14(2)13-18(20)19(15-9-11-16(23-3)12-10-15)24(21,22)17-7-5-4-6-8-17/h4-13,19H,1-3H3. The van der Waals surface area contributed by atoms with E-state index < -0.39 is 20.9 Å². The molecule has 2 aromatic carbocycles. The topological polar surface area (TPSA) is 60.4 Å². The van der Waals surface area contributed by atoms with Crippen molar-refractivity contribution in [3.05, 3.63) is 71.8 Å². The lowest BCUT2D eigenvalue weighted by molar-refractivity contribution is -0.114. The van der Waals surface area contributed by atoms with Crippen molar-refractivity contribution < 1.29 is 17.9 Å². The second kappa shape index (κ2) is 7.45. The minimum atomic E-state index is -3.85. The molecule has 5 heteroatoms. The van der Waals surface area contributed by atoms with E-state index in [4.69, 9.17) is 4.74 Å². The number of carbonyl (C=O) groups is 1. The molecule has 4 nitrogen and oxygen atoms in total. The predicted molar refractivity (Wildman–Crippen MR) is 93.8 cm³/mol. The number of sulfone groups is 1. The van der Waals surface area contributed by atoms with Crippen molar-refractivity contribution in [3.8, 4) is 5.75 Å². The Labute approximate surface area is 142 Å². The average molecular weight is 344 g/mol. The van der Waals surface area contributed by atoms with E-state index in [1.165, 1.54) is 25.3 Å². The summed E-state index contributed by atoms with van der Waals surface area (Å²) < 4.78 is 31.2. The fraction of sp³-hybridized carbons (Fsp3) is 0.211. The van der Waals surface area contributed by atoms with Crippen molar-refractivity contribution in [3.63, 3.8) is 0 Å². The zero-order valence-electron chi connectivity index (χ0n) is 13.9. The molecule has 0 saturated carbocycles. The Morgan fingerprint density at radius 2 is 1.58 bits per heavy atom. The van der Waals surface area contributed by atoms with Crippen molar-refractivity contribution in [2.45, 2.75) is 24.0 Å². The number of carbonyl (C=O) groups excluding carboxylic acids is 1. The SMILES string of the molecule is COc1ccc(C(C(=O)C=C(C)C)S(=O)(=O)c2ccccc2)cc1. The molecule has 1 unspecified atom stereocenters. The predicted octanol–water partition coefficient (Wildman–Crippen LogP) is 3.75. The Morgan fingerprint density at radius 3 is 2.08 bits per heavy atom. The quantitative estimate of drug-likeness (QED) is 0.749. The van der Waals surface area contributed by atoms with Gasteiger partial charge in [0, 0.05) is 0 Å². The van der Waals surface area contributed by atoms with Gasteiger partial charge in [-0.05, 0) is 49.8 Å². The minimum absolute atomic E-state index is 0.126. The number of ketones is 1. The van der Waals surface area contributed by atoms with E-state index >= 15 is 0 Å². The molecule has 0 heterocycles. The fourth-order valence-corrected chi connectivity index (χ4v) is 4.08. The smallest absolute Gasteiger partial charge is 0.192 e. The van der Waals surface area contributed by atoms with Crippen molar-refractivity contribution in [2.24, 2.45) is 0 Å². The molecule has 0 aliphatic carbocycles. The third-order valence-corrected chi connectivity index (χ3v) is 5.54. The van der Waals surface area contributed by atoms with Crippen LogP contribution in [0.25, 0.3) is 0 Å². The van der Waals surface area contributed by atoms with Crippen molar-refractivity contribution in [1.82, 2.24) is 0 Å². The molecule has 0 N–H and O–H groups in total. The van der Waals surface area contributed by atoms with Gasteiger partial charge in [0.1, 0.15) is 5.75 Å². The van der Waals surface area contributed by atoms with Crippen molar-refractivity contribution in [2.75, 3.05) is 7.11 Å². The van der Waals surface area contributed by atoms with Crippen LogP contribution in [-0.2, 0) is 14.6 Å². The molecule has 0 saturated heterocycles. The maximum absolute atomic E-state index is 13.0. The summed E-state index contributed by atoms with van der Waals surface area (Å²) in [6, 6.07) is 14.5. The minimum Gasteiger partial charge on any atom is -0.497 e. The van der Waals surface area contributed by atoms with Crippen LogP contribution in [0.2, 0.25) is 0 Å². The summed E-state index contributed by atoms with van der Waals surface area (Å²) in [4.78, 5) is 12.8. The first-order valence-electron chi connectivity index (χ1n) is 7.48. The van der Waals surface area contributed by atoms with Crippen LogP contribution in [0.4, 0.5) is 0 Å². The fourth-order valence-electron chi connectivity index (χ4n) is 2.38. The van der Waals surface area contributed by atoms with E-state index in [0.29, 0.717) is 11.3 Å². The number of hydrogen-bond acceptors (Lipinski definition) is 4. The molecular weight excluding hydrogens is 324 g/mol. The van der Waals surface area contributed by atoms with Gasteiger partial charge in [0.2, 0.25) is 0 Å². The van der Waals surface area contributed by atoms with Crippen LogP contribution >= 0.6 is 0 Å². The lowest BCUT2D eigenvalue weighted by Gasteiger charge is -2.16. The van der Waals surface area contributed by atoms with Crippen LogP contribution in [-0.4, -0.2) is 21.3 Å². The molecule has 0 fully saturated rings. The molecule has 0 aromatic heterocycles. The largest absolute Gasteiger partial charge is 0.497 e. The molecule has 2 aromatic rings. The van der Waals surface area contributed by atoms with Crippen LogP contribution in [0.3, 0.4) is 0 Å². The second-order valence-corrected chi connectivity index (χ2v) is 7.67. The Morgan fingerprint density at radius 1 is 1.00 bits per heavy atom. The third kappa shape index (κ3) is 3.92. The van der Waals surface area contributed by atoms with Gasteiger partial charge in [0.05, 0.1) is 12.0 Å². The second-order valence-electron chi connectivity index (χ2n) is 5.64. The number of methoxy groups -OCH3 is 1. The number of rotatable bonds is 6. The average Bonchev–Trinajstić information content (AvgIpc) is 2.55. The van der Waals surface area contributed by atoms with Gasteiger partial charge in [-0.2, -0.15) is 0 Å². The van der Waals surface area contributed by atoms with E-state index in [0.717, 1.165) is 5.57 Å². The maximum Gasteiger partial charge on any atom is 0.192 e. The molecular formula is C19H20O4S. The molecule has 1 atom stereocenters. The Hall–Kier alpha value is -2.40. The summed E-state index contributed by atoms with van der Waals surface area (Å²) in [5.74, 6) is 0.147. The molecule has 0 amide bonds. The van der Waals surface area contributed by atoms with Crippen LogP contribution in [0.5, 0.6) is 5.75 Å². The highest BCUT2D eigenvalue weighted by molar-refractivity contribution is 7.92. The molecule has 0 aliphatic rings. The van der Waals surface area contributed by atoms with Crippen LogP contribution in [0.15, 0.2) is 71.1 Å². The zero-order chi connectivity index (χ0) is 17.7. The Balaban J connectivity index is 2.58. The monoisotopic (exact) mass is 344 g/mol. The van der Waals surface area contributed by atoms with E-state index in [1.54, 1.807) is 56.3 Å². The highest BCUT2D eigenvalue weighted by Crippen LogP contribution is 2.31. The van der Waals surface area contributed by atoms with Crippen LogP contribution < -0.4 is 4.74 Å². The van der Waals surface area contributed by atoms with Gasteiger partial charge in [-0.1, -0.05) is 35.9 Å². The third-order valence-electron chi connectivity index (χ3n) is 3.49. The summed E-state index contributed by atoms with van der Waals surface area (Å²) >= 11 is 0. The molecule has 0 radical (unpaired) electrons. The maximum atomic E-state index is 13.0. The molecule has 0 spiro atoms. The van der Waals surface area contributed by atoms with Crippen LogP contribution in [0.1, 0.15) is 24.7 Å². The van der Waals surface area contributed by atoms with Gasteiger partial charge in [-0.15, -0.1) is 0 Å². The van der Waals surface area contributed by atoms with Gasteiger partial charge in [-0.25, -0.2) is 8.42 Å². The van der Waals surface area contributed by atoms with Gasteiger partial charge < -0.3 is 4.74 Å². The molecule has 2 rings (SSSR count). The van der Waals surface area contributed by atoms with E-state index in [1.807, 2.05) is 0 Å². The lowest BCUT2D eigenvalue weighted by atomic mass is 10.1.